The first-order valence-corrected chi connectivity index (χ1v) is 5.93. The quantitative estimate of drug-likeness (QED) is 0.653. The van der Waals surface area contributed by atoms with Crippen molar-refractivity contribution in [2.75, 3.05) is 5.32 Å². The number of hydrogen-bond acceptors (Lipinski definition) is 4. The average Bonchev–Trinajstić information content (AvgIpc) is 2.81. The average molecular weight is 274 g/mol. The van der Waals surface area contributed by atoms with Crippen molar-refractivity contribution in [2.45, 2.75) is 6.54 Å². The molecule has 0 aliphatic carbocycles. The van der Waals surface area contributed by atoms with Crippen LogP contribution in [0, 0.1) is 10.1 Å². The number of nitro groups is 1. The van der Waals surface area contributed by atoms with Gasteiger partial charge in [-0.1, -0.05) is 12.1 Å². The lowest BCUT2D eigenvalue weighted by Crippen LogP contribution is -2.16. The molecule has 7 nitrogen and oxygen atoms in total. The van der Waals surface area contributed by atoms with Gasteiger partial charge in [0.05, 0.1) is 7.05 Å². The Morgan fingerprint density at radius 3 is 2.75 bits per heavy atom. The Bertz CT molecular complexity index is 663. The van der Waals surface area contributed by atoms with Gasteiger partial charge >= 0.3 is 5.82 Å². The molecule has 0 aliphatic rings. The highest BCUT2D eigenvalue weighted by atomic mass is 16.6. The summed E-state index contributed by atoms with van der Waals surface area (Å²) in [5.74, 6) is -0.541. The summed E-state index contributed by atoms with van der Waals surface area (Å²) in [4.78, 5) is 22.3. The molecule has 0 spiro atoms. The fourth-order valence-electron chi connectivity index (χ4n) is 1.88. The van der Waals surface area contributed by atoms with Crippen LogP contribution >= 0.6 is 0 Å². The number of hydrogen-bond donors (Lipinski definition) is 2. The number of nitrogens with one attached hydrogen (secondary N) is 1. The van der Waals surface area contributed by atoms with E-state index in [1.807, 2.05) is 6.07 Å². The first kappa shape index (κ1) is 13.8. The van der Waals surface area contributed by atoms with Gasteiger partial charge in [0.15, 0.2) is 5.69 Å². The Morgan fingerprint density at radius 2 is 2.15 bits per heavy atom. The summed E-state index contributed by atoms with van der Waals surface area (Å²) in [5.41, 5.74) is 7.24. The molecular formula is C13H14N4O3. The summed E-state index contributed by atoms with van der Waals surface area (Å²) in [6.45, 7) is 0.374. The highest BCUT2D eigenvalue weighted by molar-refractivity contribution is 6.03. The number of carbonyl (C=O) groups is 1. The molecule has 7 heteroatoms. The first-order valence-electron chi connectivity index (χ1n) is 5.93. The molecule has 0 atom stereocenters. The monoisotopic (exact) mass is 274 g/mol. The summed E-state index contributed by atoms with van der Waals surface area (Å²) in [7, 11) is 1.48. The largest absolute Gasteiger partial charge is 0.358 e. The van der Waals surface area contributed by atoms with E-state index >= 15 is 0 Å². The Labute approximate surface area is 115 Å². The molecule has 0 fully saturated rings. The van der Waals surface area contributed by atoms with Crippen LogP contribution < -0.4 is 11.1 Å². The molecule has 2 rings (SSSR count). The van der Waals surface area contributed by atoms with Crippen LogP contribution in [0.3, 0.4) is 0 Å². The lowest BCUT2D eigenvalue weighted by molar-refractivity contribution is -0.391. The van der Waals surface area contributed by atoms with Crippen LogP contribution in [0.5, 0.6) is 0 Å². The zero-order valence-corrected chi connectivity index (χ0v) is 10.9. The summed E-state index contributed by atoms with van der Waals surface area (Å²) in [6, 6.07) is 9.84. The molecule has 0 radical (unpaired) electrons. The van der Waals surface area contributed by atoms with Crippen molar-refractivity contribution in [3.05, 3.63) is 57.8 Å². The van der Waals surface area contributed by atoms with Crippen molar-refractivity contribution in [3.63, 3.8) is 0 Å². The molecule has 0 bridgehead atoms. The molecule has 1 aromatic carbocycles. The van der Waals surface area contributed by atoms with Gasteiger partial charge in [-0.05, 0) is 28.7 Å². The van der Waals surface area contributed by atoms with Crippen LogP contribution in [0.15, 0.2) is 36.4 Å². The summed E-state index contributed by atoms with van der Waals surface area (Å²) in [5, 5.41) is 13.4. The van der Waals surface area contributed by atoms with E-state index < -0.39 is 10.8 Å². The molecule has 104 valence electrons. The van der Waals surface area contributed by atoms with E-state index in [2.05, 4.69) is 5.32 Å². The normalized spacial score (nSPS) is 10.3. The Hall–Kier alpha value is -2.67. The molecule has 20 heavy (non-hydrogen) atoms. The third kappa shape index (κ3) is 2.67. The molecule has 0 unspecified atom stereocenters. The molecule has 2 aromatic rings. The third-order valence-electron chi connectivity index (χ3n) is 2.94. The predicted molar refractivity (Wildman–Crippen MR) is 74.4 cm³/mol. The number of nitrogens with two attached hydrogens (primary N) is 1. The molecule has 1 aromatic heterocycles. The van der Waals surface area contributed by atoms with Gasteiger partial charge in [-0.15, -0.1) is 0 Å². The van der Waals surface area contributed by atoms with Crippen molar-refractivity contribution in [2.24, 2.45) is 12.8 Å². The molecule has 0 saturated carbocycles. The maximum atomic E-state index is 12.1. The van der Waals surface area contributed by atoms with E-state index in [0.717, 1.165) is 5.56 Å². The van der Waals surface area contributed by atoms with E-state index in [4.69, 9.17) is 5.73 Å². The lowest BCUT2D eigenvalue weighted by atomic mass is 10.2. The van der Waals surface area contributed by atoms with Crippen molar-refractivity contribution >= 4 is 17.4 Å². The van der Waals surface area contributed by atoms with Gasteiger partial charge in [-0.25, -0.2) is 4.57 Å². The Kier molecular flexibility index (Phi) is 3.81. The van der Waals surface area contributed by atoms with Gasteiger partial charge in [0.2, 0.25) is 0 Å². The maximum Gasteiger partial charge on any atom is 0.323 e. The van der Waals surface area contributed by atoms with E-state index in [1.54, 1.807) is 18.2 Å². The van der Waals surface area contributed by atoms with Crippen LogP contribution in [0.1, 0.15) is 16.1 Å². The maximum absolute atomic E-state index is 12.1. The number of anilines is 1. The van der Waals surface area contributed by atoms with Gasteiger partial charge in [0.1, 0.15) is 0 Å². The molecule has 1 amide bonds. The number of rotatable bonds is 4. The summed E-state index contributed by atoms with van der Waals surface area (Å²) >= 11 is 0. The fourth-order valence-corrected chi connectivity index (χ4v) is 1.88. The number of carbonyl (C=O) groups excluding carboxylic acids is 1. The van der Waals surface area contributed by atoms with Gasteiger partial charge in [-0.2, -0.15) is 0 Å². The second kappa shape index (κ2) is 5.54. The minimum atomic E-state index is -0.536. The summed E-state index contributed by atoms with van der Waals surface area (Å²) in [6.07, 6.45) is 0. The van der Waals surface area contributed by atoms with Gasteiger partial charge in [0.25, 0.3) is 5.91 Å². The van der Waals surface area contributed by atoms with Gasteiger partial charge < -0.3 is 21.2 Å². The van der Waals surface area contributed by atoms with Gasteiger partial charge in [-0.3, -0.25) is 4.79 Å². The van der Waals surface area contributed by atoms with E-state index in [1.165, 1.54) is 23.7 Å². The molecule has 0 aliphatic heterocycles. The minimum absolute atomic E-state index is 0.133. The minimum Gasteiger partial charge on any atom is -0.358 e. The number of amides is 1. The van der Waals surface area contributed by atoms with E-state index in [0.29, 0.717) is 12.2 Å². The highest BCUT2D eigenvalue weighted by Crippen LogP contribution is 2.17. The topological polar surface area (TPSA) is 103 Å². The van der Waals surface area contributed by atoms with Gasteiger partial charge in [0, 0.05) is 18.3 Å². The number of aromatic nitrogens is 1. The van der Waals surface area contributed by atoms with Crippen LogP contribution in [0.25, 0.3) is 0 Å². The first-order chi connectivity index (χ1) is 9.52. The number of nitrogens with zero attached hydrogens (tertiary/aromatic N) is 2. The van der Waals surface area contributed by atoms with Crippen LogP contribution in [-0.2, 0) is 13.6 Å². The van der Waals surface area contributed by atoms with E-state index in [9.17, 15) is 14.9 Å². The fraction of sp³-hybridized carbons (Fsp3) is 0.154. The van der Waals surface area contributed by atoms with Crippen LogP contribution in [-0.4, -0.2) is 15.4 Å². The molecule has 3 N–H and O–H groups in total. The van der Waals surface area contributed by atoms with Crippen molar-refractivity contribution < 1.29 is 9.72 Å². The molecule has 0 saturated heterocycles. The third-order valence-corrected chi connectivity index (χ3v) is 2.94. The zero-order chi connectivity index (χ0) is 14.7. The van der Waals surface area contributed by atoms with Crippen LogP contribution in [0.4, 0.5) is 11.5 Å². The van der Waals surface area contributed by atoms with E-state index in [-0.39, 0.29) is 11.5 Å². The summed E-state index contributed by atoms with van der Waals surface area (Å²) < 4.78 is 1.24. The Morgan fingerprint density at radius 1 is 1.40 bits per heavy atom. The SMILES string of the molecule is Cn1c(C(=O)Nc2cccc(CN)c2)ccc1[N+](=O)[O-]. The van der Waals surface area contributed by atoms with Crippen LogP contribution in [0.2, 0.25) is 0 Å². The zero-order valence-electron chi connectivity index (χ0n) is 10.9. The standard InChI is InChI=1S/C13H14N4O3/c1-16-11(5-6-12(16)17(19)20)13(18)15-10-4-2-3-9(7-10)8-14/h2-7H,8,14H2,1H3,(H,15,18). The highest BCUT2D eigenvalue weighted by Gasteiger charge is 2.20. The van der Waals surface area contributed by atoms with Crippen molar-refractivity contribution in [3.8, 4) is 0 Å². The lowest BCUT2D eigenvalue weighted by Gasteiger charge is -2.05. The van der Waals surface area contributed by atoms with Crippen molar-refractivity contribution in [1.82, 2.24) is 4.57 Å². The molecule has 1 heterocycles. The molecular weight excluding hydrogens is 260 g/mol. The smallest absolute Gasteiger partial charge is 0.323 e. The number of benzene rings is 1. The second-order valence-electron chi connectivity index (χ2n) is 4.25. The second-order valence-corrected chi connectivity index (χ2v) is 4.25. The Balaban J connectivity index is 2.22. The predicted octanol–water partition coefficient (Wildman–Crippen LogP) is 1.64. The van der Waals surface area contributed by atoms with Crippen molar-refractivity contribution in [1.29, 1.82) is 0 Å².